The molecule has 1 amide bonds. The van der Waals surface area contributed by atoms with Gasteiger partial charge in [0.2, 0.25) is 0 Å². The van der Waals surface area contributed by atoms with E-state index in [-0.39, 0.29) is 17.8 Å². The quantitative estimate of drug-likeness (QED) is 0.798. The standard InChI is InChI=1S/C14H19NO4/c1-10(19-9-11-5-4-8-18-11)14(17)15-12-6-2-3-7-13(12)16/h2-3,6-7,10-11,16H,4-5,8-9H2,1H3,(H,15,17)/t10-,11+/m1/s1. The molecule has 0 bridgehead atoms. The van der Waals surface area contributed by atoms with E-state index in [4.69, 9.17) is 9.47 Å². The molecule has 5 nitrogen and oxygen atoms in total. The Hall–Kier alpha value is -1.59. The number of amides is 1. The van der Waals surface area contributed by atoms with Crippen LogP contribution in [0.25, 0.3) is 0 Å². The van der Waals surface area contributed by atoms with Gasteiger partial charge in [0.1, 0.15) is 11.9 Å². The van der Waals surface area contributed by atoms with E-state index in [9.17, 15) is 9.90 Å². The lowest BCUT2D eigenvalue weighted by molar-refractivity contribution is -0.128. The van der Waals surface area contributed by atoms with Gasteiger partial charge < -0.3 is 19.9 Å². The molecule has 1 heterocycles. The molecule has 2 N–H and O–H groups in total. The zero-order valence-electron chi connectivity index (χ0n) is 11.0. The number of phenols is 1. The fraction of sp³-hybridized carbons (Fsp3) is 0.500. The highest BCUT2D eigenvalue weighted by atomic mass is 16.5. The van der Waals surface area contributed by atoms with Crippen LogP contribution in [0.2, 0.25) is 0 Å². The van der Waals surface area contributed by atoms with Gasteiger partial charge in [0, 0.05) is 6.61 Å². The summed E-state index contributed by atoms with van der Waals surface area (Å²) in [5.41, 5.74) is 0.389. The Morgan fingerprint density at radius 3 is 3.05 bits per heavy atom. The number of anilines is 1. The highest BCUT2D eigenvalue weighted by Crippen LogP contribution is 2.21. The third-order valence-corrected chi connectivity index (χ3v) is 3.09. The van der Waals surface area contributed by atoms with Crippen LogP contribution in [0.15, 0.2) is 24.3 Å². The van der Waals surface area contributed by atoms with Crippen LogP contribution in [0.1, 0.15) is 19.8 Å². The van der Waals surface area contributed by atoms with Gasteiger partial charge in [0.05, 0.1) is 18.4 Å². The van der Waals surface area contributed by atoms with E-state index >= 15 is 0 Å². The Balaban J connectivity index is 1.80. The molecule has 0 spiro atoms. The van der Waals surface area contributed by atoms with Crippen molar-refractivity contribution in [1.29, 1.82) is 0 Å². The second-order valence-electron chi connectivity index (χ2n) is 4.62. The highest BCUT2D eigenvalue weighted by Gasteiger charge is 2.20. The zero-order valence-corrected chi connectivity index (χ0v) is 11.0. The third kappa shape index (κ3) is 3.94. The van der Waals surface area contributed by atoms with E-state index < -0.39 is 6.10 Å². The lowest BCUT2D eigenvalue weighted by Crippen LogP contribution is -2.30. The molecule has 0 unspecified atom stereocenters. The topological polar surface area (TPSA) is 67.8 Å². The largest absolute Gasteiger partial charge is 0.506 e. The maximum Gasteiger partial charge on any atom is 0.253 e. The molecule has 1 aromatic rings. The maximum atomic E-state index is 11.9. The van der Waals surface area contributed by atoms with E-state index in [1.165, 1.54) is 6.07 Å². The lowest BCUT2D eigenvalue weighted by atomic mass is 10.2. The van der Waals surface area contributed by atoms with Crippen molar-refractivity contribution in [2.75, 3.05) is 18.5 Å². The number of hydrogen-bond donors (Lipinski definition) is 2. The third-order valence-electron chi connectivity index (χ3n) is 3.09. The predicted molar refractivity (Wildman–Crippen MR) is 71.1 cm³/mol. The van der Waals surface area contributed by atoms with Crippen molar-refractivity contribution in [1.82, 2.24) is 0 Å². The van der Waals surface area contributed by atoms with Gasteiger partial charge in [-0.2, -0.15) is 0 Å². The van der Waals surface area contributed by atoms with Gasteiger partial charge in [0.15, 0.2) is 0 Å². The van der Waals surface area contributed by atoms with Crippen molar-refractivity contribution < 1.29 is 19.4 Å². The molecule has 5 heteroatoms. The average Bonchev–Trinajstić information content (AvgIpc) is 2.91. The van der Waals surface area contributed by atoms with E-state index in [1.54, 1.807) is 25.1 Å². The summed E-state index contributed by atoms with van der Waals surface area (Å²) >= 11 is 0. The normalized spacial score (nSPS) is 20.2. The molecule has 0 aliphatic carbocycles. The van der Waals surface area contributed by atoms with Crippen molar-refractivity contribution in [3.05, 3.63) is 24.3 Å². The molecule has 0 saturated carbocycles. The van der Waals surface area contributed by atoms with Gasteiger partial charge in [-0.1, -0.05) is 12.1 Å². The SMILES string of the molecule is C[C@@H](OC[C@@H]1CCCO1)C(=O)Nc1ccccc1O. The molecule has 0 aromatic heterocycles. The number of phenolic OH excluding ortho intramolecular Hbond substituents is 1. The summed E-state index contributed by atoms with van der Waals surface area (Å²) in [5.74, 6) is -0.235. The maximum absolute atomic E-state index is 11.9. The number of aromatic hydroxyl groups is 1. The van der Waals surface area contributed by atoms with E-state index in [2.05, 4.69) is 5.32 Å². The first-order valence-corrected chi connectivity index (χ1v) is 6.49. The Bertz CT molecular complexity index is 429. The lowest BCUT2D eigenvalue weighted by Gasteiger charge is -2.16. The van der Waals surface area contributed by atoms with Crippen LogP contribution in [0.3, 0.4) is 0 Å². The van der Waals surface area contributed by atoms with Crippen molar-refractivity contribution in [3.63, 3.8) is 0 Å². The van der Waals surface area contributed by atoms with Gasteiger partial charge in [-0.25, -0.2) is 0 Å². The average molecular weight is 265 g/mol. The Labute approximate surface area is 112 Å². The number of hydrogen-bond acceptors (Lipinski definition) is 4. The van der Waals surface area contributed by atoms with Gasteiger partial charge in [-0.05, 0) is 31.9 Å². The first-order chi connectivity index (χ1) is 9.16. The molecule has 0 radical (unpaired) electrons. The van der Waals surface area contributed by atoms with Crippen molar-refractivity contribution in [2.45, 2.75) is 32.0 Å². The minimum atomic E-state index is -0.580. The predicted octanol–water partition coefficient (Wildman–Crippen LogP) is 1.91. The van der Waals surface area contributed by atoms with E-state index in [0.717, 1.165) is 19.4 Å². The van der Waals surface area contributed by atoms with Crippen LogP contribution >= 0.6 is 0 Å². The molecule has 19 heavy (non-hydrogen) atoms. The molecule has 1 fully saturated rings. The summed E-state index contributed by atoms with van der Waals surface area (Å²) in [6.07, 6.45) is 1.55. The molecule has 1 aliphatic heterocycles. The van der Waals surface area contributed by atoms with Gasteiger partial charge in [-0.15, -0.1) is 0 Å². The molecular formula is C14H19NO4. The first-order valence-electron chi connectivity index (χ1n) is 6.49. The summed E-state index contributed by atoms with van der Waals surface area (Å²) in [6, 6.07) is 6.60. The van der Waals surface area contributed by atoms with Crippen molar-refractivity contribution in [2.24, 2.45) is 0 Å². The molecule has 2 rings (SSSR count). The summed E-state index contributed by atoms with van der Waals surface area (Å²) in [7, 11) is 0. The van der Waals surface area contributed by atoms with E-state index in [1.807, 2.05) is 0 Å². The van der Waals surface area contributed by atoms with Crippen LogP contribution in [-0.4, -0.2) is 36.4 Å². The van der Waals surface area contributed by atoms with Crippen molar-refractivity contribution >= 4 is 11.6 Å². The second-order valence-corrected chi connectivity index (χ2v) is 4.62. The number of benzene rings is 1. The number of rotatable bonds is 5. The van der Waals surface area contributed by atoms with Crippen LogP contribution in [0.4, 0.5) is 5.69 Å². The summed E-state index contributed by atoms with van der Waals surface area (Å²) < 4.78 is 10.9. The number of ether oxygens (including phenoxy) is 2. The Morgan fingerprint density at radius 1 is 1.58 bits per heavy atom. The fourth-order valence-electron chi connectivity index (χ4n) is 1.92. The first kappa shape index (κ1) is 13.8. The molecule has 1 aromatic carbocycles. The number of para-hydroxylation sites is 2. The second kappa shape index (κ2) is 6.54. The number of carbonyl (C=O) groups is 1. The Kier molecular flexibility index (Phi) is 4.76. The Morgan fingerprint density at radius 2 is 2.37 bits per heavy atom. The summed E-state index contributed by atoms with van der Waals surface area (Å²) in [4.78, 5) is 11.9. The van der Waals surface area contributed by atoms with Crippen LogP contribution in [0, 0.1) is 0 Å². The van der Waals surface area contributed by atoms with Gasteiger partial charge in [0.25, 0.3) is 5.91 Å². The van der Waals surface area contributed by atoms with E-state index in [0.29, 0.717) is 12.3 Å². The fourth-order valence-corrected chi connectivity index (χ4v) is 1.92. The van der Waals surface area contributed by atoms with Gasteiger partial charge >= 0.3 is 0 Å². The number of nitrogens with one attached hydrogen (secondary N) is 1. The van der Waals surface area contributed by atoms with Crippen LogP contribution < -0.4 is 5.32 Å². The number of carbonyl (C=O) groups excluding carboxylic acids is 1. The zero-order chi connectivity index (χ0) is 13.7. The molecule has 104 valence electrons. The molecular weight excluding hydrogens is 246 g/mol. The minimum absolute atomic E-state index is 0.0437. The monoisotopic (exact) mass is 265 g/mol. The van der Waals surface area contributed by atoms with Crippen molar-refractivity contribution in [3.8, 4) is 5.75 Å². The van der Waals surface area contributed by atoms with Gasteiger partial charge in [-0.3, -0.25) is 4.79 Å². The summed E-state index contributed by atoms with van der Waals surface area (Å²) in [5, 5.41) is 12.2. The smallest absolute Gasteiger partial charge is 0.253 e. The molecule has 1 saturated heterocycles. The highest BCUT2D eigenvalue weighted by molar-refractivity contribution is 5.95. The molecule has 2 atom stereocenters. The van der Waals surface area contributed by atoms with Crippen LogP contribution in [-0.2, 0) is 14.3 Å². The minimum Gasteiger partial charge on any atom is -0.506 e. The van der Waals surface area contributed by atoms with Crippen LogP contribution in [0.5, 0.6) is 5.75 Å². The molecule has 1 aliphatic rings. The summed E-state index contributed by atoms with van der Waals surface area (Å²) in [6.45, 7) is 2.88.